The van der Waals surface area contributed by atoms with Gasteiger partial charge in [0.05, 0.1) is 5.75 Å². The van der Waals surface area contributed by atoms with Gasteiger partial charge in [-0.2, -0.15) is 0 Å². The van der Waals surface area contributed by atoms with Crippen LogP contribution in [0.2, 0.25) is 0 Å². The first kappa shape index (κ1) is 16.9. The maximum atomic E-state index is 11.8. The molecule has 1 aliphatic rings. The van der Waals surface area contributed by atoms with Crippen molar-refractivity contribution in [3.05, 3.63) is 0 Å². The molecule has 0 aromatic carbocycles. The van der Waals surface area contributed by atoms with E-state index in [2.05, 4.69) is 28.8 Å². The Bertz CT molecular complexity index is 333. The van der Waals surface area contributed by atoms with E-state index in [0.29, 0.717) is 18.9 Å². The molecule has 1 fully saturated rings. The largest absolute Gasteiger partial charge is 0.317 e. The van der Waals surface area contributed by atoms with Crippen LogP contribution in [0.3, 0.4) is 0 Å². The van der Waals surface area contributed by atoms with Gasteiger partial charge in [0.15, 0.2) is 0 Å². The molecule has 5 nitrogen and oxygen atoms in total. The molecular weight excluding hydrogens is 262 g/mol. The molecule has 0 bridgehead atoms. The zero-order chi connectivity index (χ0) is 14.1. The Balaban J connectivity index is 2.13. The van der Waals surface area contributed by atoms with E-state index in [0.717, 1.165) is 45.6 Å². The highest BCUT2D eigenvalue weighted by Crippen LogP contribution is 2.14. The first-order chi connectivity index (χ1) is 9.07. The minimum atomic E-state index is -3.09. The van der Waals surface area contributed by atoms with Crippen LogP contribution >= 0.6 is 0 Å². The van der Waals surface area contributed by atoms with Gasteiger partial charge in [-0.1, -0.05) is 13.8 Å². The molecule has 0 aromatic rings. The second-order valence-electron chi connectivity index (χ2n) is 5.32. The highest BCUT2D eigenvalue weighted by molar-refractivity contribution is 7.89. The van der Waals surface area contributed by atoms with E-state index in [1.165, 1.54) is 0 Å². The summed E-state index contributed by atoms with van der Waals surface area (Å²) in [5.41, 5.74) is 0. The number of hydrogen-bond acceptors (Lipinski definition) is 4. The third-order valence-electron chi connectivity index (χ3n) is 3.60. The summed E-state index contributed by atoms with van der Waals surface area (Å²) in [7, 11) is -3.09. The Morgan fingerprint density at radius 1 is 1.26 bits per heavy atom. The Hall–Kier alpha value is -0.170. The van der Waals surface area contributed by atoms with Crippen LogP contribution in [0.5, 0.6) is 0 Å². The molecule has 0 radical (unpaired) electrons. The molecule has 1 atom stereocenters. The molecule has 0 spiro atoms. The Morgan fingerprint density at radius 2 is 2.05 bits per heavy atom. The van der Waals surface area contributed by atoms with E-state index in [1.54, 1.807) is 0 Å². The van der Waals surface area contributed by atoms with Crippen molar-refractivity contribution >= 4 is 10.0 Å². The summed E-state index contributed by atoms with van der Waals surface area (Å²) in [5, 5.41) is 3.22. The van der Waals surface area contributed by atoms with Crippen molar-refractivity contribution in [1.82, 2.24) is 14.9 Å². The molecule has 1 aliphatic heterocycles. The number of rotatable bonds is 10. The van der Waals surface area contributed by atoms with Crippen LogP contribution in [0.4, 0.5) is 0 Å². The van der Waals surface area contributed by atoms with Gasteiger partial charge in [-0.05, 0) is 51.4 Å². The van der Waals surface area contributed by atoms with Crippen LogP contribution in [-0.2, 0) is 10.0 Å². The van der Waals surface area contributed by atoms with Gasteiger partial charge < -0.3 is 10.2 Å². The minimum absolute atomic E-state index is 0.230. The van der Waals surface area contributed by atoms with Crippen LogP contribution in [0.25, 0.3) is 0 Å². The Kier molecular flexibility index (Phi) is 7.90. The van der Waals surface area contributed by atoms with Crippen LogP contribution < -0.4 is 10.0 Å². The van der Waals surface area contributed by atoms with E-state index in [9.17, 15) is 8.42 Å². The summed E-state index contributed by atoms with van der Waals surface area (Å²) >= 11 is 0. The van der Waals surface area contributed by atoms with Crippen LogP contribution in [0.1, 0.15) is 33.1 Å². The fraction of sp³-hybridized carbons (Fsp3) is 1.00. The molecule has 0 amide bonds. The molecule has 2 N–H and O–H groups in total. The highest BCUT2D eigenvalue weighted by atomic mass is 32.2. The molecule has 1 heterocycles. The van der Waals surface area contributed by atoms with Gasteiger partial charge in [-0.3, -0.25) is 0 Å². The van der Waals surface area contributed by atoms with E-state index in [1.807, 2.05) is 0 Å². The SMILES string of the molecule is CCCNCCCS(=O)(=O)NCC1CCN(CC)C1. The first-order valence-electron chi connectivity index (χ1n) is 7.47. The smallest absolute Gasteiger partial charge is 0.211 e. The van der Waals surface area contributed by atoms with Gasteiger partial charge in [0, 0.05) is 13.1 Å². The van der Waals surface area contributed by atoms with Gasteiger partial charge in [0.2, 0.25) is 10.0 Å². The average Bonchev–Trinajstić information content (AvgIpc) is 2.84. The maximum absolute atomic E-state index is 11.8. The Morgan fingerprint density at radius 3 is 2.68 bits per heavy atom. The van der Waals surface area contributed by atoms with Crippen molar-refractivity contribution in [1.29, 1.82) is 0 Å². The maximum Gasteiger partial charge on any atom is 0.211 e. The lowest BCUT2D eigenvalue weighted by Gasteiger charge is -2.14. The monoisotopic (exact) mass is 291 g/mol. The van der Waals surface area contributed by atoms with Crippen LogP contribution in [0, 0.1) is 5.92 Å². The van der Waals surface area contributed by atoms with Crippen molar-refractivity contribution in [3.8, 4) is 0 Å². The number of hydrogen-bond donors (Lipinski definition) is 2. The number of nitrogens with zero attached hydrogens (tertiary/aromatic N) is 1. The zero-order valence-electron chi connectivity index (χ0n) is 12.3. The van der Waals surface area contributed by atoms with Gasteiger partial charge in [0.1, 0.15) is 0 Å². The summed E-state index contributed by atoms with van der Waals surface area (Å²) in [4.78, 5) is 2.37. The summed E-state index contributed by atoms with van der Waals surface area (Å²) in [5.74, 6) is 0.710. The van der Waals surface area contributed by atoms with E-state index in [4.69, 9.17) is 0 Å². The fourth-order valence-corrected chi connectivity index (χ4v) is 3.53. The first-order valence-corrected chi connectivity index (χ1v) is 9.13. The van der Waals surface area contributed by atoms with Crippen molar-refractivity contribution in [3.63, 3.8) is 0 Å². The van der Waals surface area contributed by atoms with Crippen molar-refractivity contribution in [2.45, 2.75) is 33.1 Å². The molecule has 6 heteroatoms. The van der Waals surface area contributed by atoms with Gasteiger partial charge in [-0.15, -0.1) is 0 Å². The molecule has 1 unspecified atom stereocenters. The third-order valence-corrected chi connectivity index (χ3v) is 5.04. The predicted molar refractivity (Wildman–Crippen MR) is 79.8 cm³/mol. The van der Waals surface area contributed by atoms with Gasteiger partial charge >= 0.3 is 0 Å². The van der Waals surface area contributed by atoms with E-state index >= 15 is 0 Å². The minimum Gasteiger partial charge on any atom is -0.317 e. The van der Waals surface area contributed by atoms with Crippen LogP contribution in [0.15, 0.2) is 0 Å². The summed E-state index contributed by atoms with van der Waals surface area (Å²) < 4.78 is 26.4. The van der Waals surface area contributed by atoms with Gasteiger partial charge in [0.25, 0.3) is 0 Å². The molecule has 1 saturated heterocycles. The molecular formula is C13H29N3O2S. The highest BCUT2D eigenvalue weighted by Gasteiger charge is 2.22. The molecule has 0 aromatic heterocycles. The lowest BCUT2D eigenvalue weighted by molar-refractivity contribution is 0.342. The van der Waals surface area contributed by atoms with Crippen LogP contribution in [-0.4, -0.2) is 58.3 Å². The van der Waals surface area contributed by atoms with E-state index in [-0.39, 0.29) is 5.75 Å². The quantitative estimate of drug-likeness (QED) is 0.580. The number of sulfonamides is 1. The van der Waals surface area contributed by atoms with Crippen molar-refractivity contribution < 1.29 is 8.42 Å². The number of nitrogens with one attached hydrogen (secondary N) is 2. The zero-order valence-corrected chi connectivity index (χ0v) is 13.1. The molecule has 0 aliphatic carbocycles. The van der Waals surface area contributed by atoms with Crippen molar-refractivity contribution in [2.24, 2.45) is 5.92 Å². The molecule has 114 valence electrons. The second-order valence-corrected chi connectivity index (χ2v) is 7.25. The van der Waals surface area contributed by atoms with Gasteiger partial charge in [-0.25, -0.2) is 13.1 Å². The summed E-state index contributed by atoms with van der Waals surface area (Å²) in [6.45, 7) is 9.78. The number of likely N-dealkylation sites (tertiary alicyclic amines) is 1. The van der Waals surface area contributed by atoms with E-state index < -0.39 is 10.0 Å². The third kappa shape index (κ3) is 7.25. The molecule has 1 rings (SSSR count). The molecule has 19 heavy (non-hydrogen) atoms. The normalized spacial score (nSPS) is 21.1. The fourth-order valence-electron chi connectivity index (χ4n) is 2.37. The molecule has 0 saturated carbocycles. The topological polar surface area (TPSA) is 61.4 Å². The summed E-state index contributed by atoms with van der Waals surface area (Å²) in [6.07, 6.45) is 2.87. The summed E-state index contributed by atoms with van der Waals surface area (Å²) in [6, 6.07) is 0. The van der Waals surface area contributed by atoms with Crippen molar-refractivity contribution in [2.75, 3.05) is 45.0 Å². The Labute approximate surface area is 118 Å². The second kappa shape index (κ2) is 8.89. The average molecular weight is 291 g/mol. The lowest BCUT2D eigenvalue weighted by atomic mass is 10.1. The standard InChI is InChI=1S/C13H29N3O2S/c1-3-7-14-8-5-10-19(17,18)15-11-13-6-9-16(4-2)12-13/h13-15H,3-12H2,1-2H3. The predicted octanol–water partition coefficient (Wildman–Crippen LogP) is 0.637. The lowest BCUT2D eigenvalue weighted by Crippen LogP contribution is -2.33.